The smallest absolute Gasteiger partial charge is 0.167 e. The van der Waals surface area contributed by atoms with E-state index >= 15 is 0 Å². The predicted octanol–water partition coefficient (Wildman–Crippen LogP) is 7.64. The molecule has 0 aliphatic carbocycles. The zero-order chi connectivity index (χ0) is 41.4. The number of para-hydroxylation sites is 2. The van der Waals surface area contributed by atoms with E-state index in [1.165, 1.54) is 0 Å². The van der Waals surface area contributed by atoms with Crippen molar-refractivity contribution in [2.45, 2.75) is 0 Å². The summed E-state index contributed by atoms with van der Waals surface area (Å²) in [6.07, 6.45) is 0. The summed E-state index contributed by atoms with van der Waals surface area (Å²) in [5.41, 5.74) is 12.4. The molecule has 0 unspecified atom stereocenters. The van der Waals surface area contributed by atoms with E-state index in [0.29, 0.717) is 34.0 Å². The third kappa shape index (κ3) is 6.21. The summed E-state index contributed by atoms with van der Waals surface area (Å²) in [4.78, 5) is 15.0. The van der Waals surface area contributed by atoms with Crippen LogP contribution in [0.15, 0.2) is 167 Å². The van der Waals surface area contributed by atoms with Crippen molar-refractivity contribution in [3.8, 4) is 67.5 Å². The second-order valence-corrected chi connectivity index (χ2v) is 15.1. The van der Waals surface area contributed by atoms with Gasteiger partial charge in [-0.3, -0.25) is 0 Å². The van der Waals surface area contributed by atoms with Gasteiger partial charge >= 0.3 is 0 Å². The number of furan rings is 2. The molecule has 0 saturated heterocycles. The van der Waals surface area contributed by atoms with Crippen LogP contribution in [0.5, 0.6) is 0 Å². The number of hydrogen-bond acceptors (Lipinski definition) is 5. The average molecular weight is 767 g/mol. The number of aromatic nitrogens is 3. The van der Waals surface area contributed by atoms with E-state index in [1.807, 2.05) is 97.1 Å². The molecule has 0 fully saturated rings. The molecule has 0 aliphatic rings. The summed E-state index contributed by atoms with van der Waals surface area (Å²) < 4.78 is 12.9. The van der Waals surface area contributed by atoms with Gasteiger partial charge in [0.05, 0.1) is 5.56 Å². The molecule has 11 aromatic rings. The van der Waals surface area contributed by atoms with Crippen LogP contribution in [-0.4, -0.2) is 54.2 Å². The van der Waals surface area contributed by atoms with Crippen molar-refractivity contribution in [2.24, 2.45) is 0 Å². The maximum Gasteiger partial charge on any atom is 0.167 e. The summed E-state index contributed by atoms with van der Waals surface area (Å²) in [6.45, 7) is 0. The topological polar surface area (TPSA) is 65.0 Å². The van der Waals surface area contributed by atoms with Crippen LogP contribution in [0, 0.1) is 0 Å². The lowest BCUT2D eigenvalue weighted by Gasteiger charge is -2.21. The van der Waals surface area contributed by atoms with E-state index in [9.17, 15) is 0 Å². The fourth-order valence-electron chi connectivity index (χ4n) is 8.21. The van der Waals surface area contributed by atoms with E-state index in [2.05, 4.69) is 60.7 Å². The van der Waals surface area contributed by atoms with Crippen molar-refractivity contribution >= 4 is 110 Å². The number of rotatable bonds is 6. The van der Waals surface area contributed by atoms with Crippen LogP contribution < -0.4 is 27.3 Å². The van der Waals surface area contributed by atoms with Gasteiger partial charge in [-0.1, -0.05) is 132 Å². The minimum absolute atomic E-state index is 0.196. The standard InChI is InChI=1S/C51H26B5N3O2/c52-43-42(44(53)46(55)47(56)45(43)54)30-19-17-28(18-20-30)27-13-15-29(16-14-27)32-21-23-35-36-24-22-33(26-41(36)60-40(35)25-32)50-57-49(31-7-2-1-3-8-31)58-51(59-50)38-11-6-10-37-34-9-4-5-12-39(34)61-48(37)38/h1-26H. The first-order chi connectivity index (χ1) is 29.8. The maximum absolute atomic E-state index is 6.55. The molecule has 11 rings (SSSR count). The molecule has 272 valence electrons. The molecule has 61 heavy (non-hydrogen) atoms. The monoisotopic (exact) mass is 767 g/mol. The first-order valence-electron chi connectivity index (χ1n) is 19.7. The third-order valence-corrected chi connectivity index (χ3v) is 11.5. The fourth-order valence-corrected chi connectivity index (χ4v) is 8.21. The summed E-state index contributed by atoms with van der Waals surface area (Å²) in [5, 5.41) is 4.07. The molecular formula is C51H26B5N3O2. The van der Waals surface area contributed by atoms with Crippen LogP contribution in [0.1, 0.15) is 0 Å². The molecule has 10 radical (unpaired) electrons. The van der Waals surface area contributed by atoms with Gasteiger partial charge in [-0.2, -0.15) is 0 Å². The summed E-state index contributed by atoms with van der Waals surface area (Å²) in [6, 6.07) is 52.8. The van der Waals surface area contributed by atoms with E-state index in [1.54, 1.807) is 0 Å². The SMILES string of the molecule is [B]c1c([B])c([B])c(-c2ccc(-c3ccc(-c4ccc5c(c4)oc4cc(-c6nc(-c7ccccc7)nc(-c7cccc8c7oc7ccccc78)n6)ccc45)cc3)cc2)c([B])c1[B]. The van der Waals surface area contributed by atoms with Crippen molar-refractivity contribution in [1.29, 1.82) is 0 Å². The Labute approximate surface area is 358 Å². The minimum atomic E-state index is 0.196. The van der Waals surface area contributed by atoms with Gasteiger partial charge in [0.15, 0.2) is 17.5 Å². The zero-order valence-corrected chi connectivity index (χ0v) is 32.6. The fraction of sp³-hybridized carbons (Fsp3) is 0. The Hall–Kier alpha value is -7.31. The van der Waals surface area contributed by atoms with Gasteiger partial charge in [-0.05, 0) is 69.8 Å². The highest BCUT2D eigenvalue weighted by Gasteiger charge is 2.19. The van der Waals surface area contributed by atoms with Crippen molar-refractivity contribution in [2.75, 3.05) is 0 Å². The van der Waals surface area contributed by atoms with Gasteiger partial charge in [0.1, 0.15) is 61.6 Å². The van der Waals surface area contributed by atoms with Crippen molar-refractivity contribution in [3.63, 3.8) is 0 Å². The van der Waals surface area contributed by atoms with Gasteiger partial charge in [0, 0.05) is 32.7 Å². The number of fused-ring (bicyclic) bond motifs is 6. The second kappa shape index (κ2) is 14.5. The highest BCUT2D eigenvalue weighted by atomic mass is 16.3. The predicted molar refractivity (Wildman–Crippen MR) is 254 cm³/mol. The lowest BCUT2D eigenvalue weighted by Crippen LogP contribution is -2.55. The summed E-state index contributed by atoms with van der Waals surface area (Å²) in [5.74, 6) is 1.62. The van der Waals surface area contributed by atoms with Crippen LogP contribution in [0.2, 0.25) is 0 Å². The maximum atomic E-state index is 6.55. The van der Waals surface area contributed by atoms with Gasteiger partial charge in [0.25, 0.3) is 0 Å². The van der Waals surface area contributed by atoms with Crippen LogP contribution in [0.4, 0.5) is 0 Å². The average Bonchev–Trinajstić information content (AvgIpc) is 3.88. The van der Waals surface area contributed by atoms with Gasteiger partial charge < -0.3 is 8.83 Å². The first kappa shape index (κ1) is 36.8. The normalized spacial score (nSPS) is 11.6. The molecule has 10 heteroatoms. The summed E-state index contributed by atoms with van der Waals surface area (Å²) >= 11 is 0. The molecule has 3 heterocycles. The van der Waals surface area contributed by atoms with Crippen molar-refractivity contribution in [3.05, 3.63) is 158 Å². The lowest BCUT2D eigenvalue weighted by molar-refractivity contribution is 0.668. The Morgan fingerprint density at radius 3 is 1.46 bits per heavy atom. The Balaban J connectivity index is 0.922. The molecule has 0 amide bonds. The molecule has 0 bridgehead atoms. The molecule has 0 aliphatic heterocycles. The van der Waals surface area contributed by atoms with Crippen molar-refractivity contribution < 1.29 is 8.83 Å². The Bertz CT molecular complexity index is 3500. The quantitative estimate of drug-likeness (QED) is 0.163. The van der Waals surface area contributed by atoms with Crippen molar-refractivity contribution in [1.82, 2.24) is 15.0 Å². The molecule has 0 saturated carbocycles. The molecule has 0 atom stereocenters. The first-order valence-corrected chi connectivity index (χ1v) is 19.7. The molecule has 3 aromatic heterocycles. The molecule has 0 spiro atoms. The largest absolute Gasteiger partial charge is 0.456 e. The van der Waals surface area contributed by atoms with Gasteiger partial charge in [-0.15, -0.1) is 16.4 Å². The number of hydrogen-bond donors (Lipinski definition) is 0. The van der Waals surface area contributed by atoms with Crippen LogP contribution in [-0.2, 0) is 0 Å². The zero-order valence-electron chi connectivity index (χ0n) is 32.6. The molecular weight excluding hydrogens is 741 g/mol. The summed E-state index contributed by atoms with van der Waals surface area (Å²) in [7, 11) is 30.8. The van der Waals surface area contributed by atoms with E-state index in [0.717, 1.165) is 88.4 Å². The van der Waals surface area contributed by atoms with Crippen LogP contribution in [0.25, 0.3) is 111 Å². The van der Waals surface area contributed by atoms with E-state index in [4.69, 9.17) is 63.0 Å². The third-order valence-electron chi connectivity index (χ3n) is 11.5. The van der Waals surface area contributed by atoms with Crippen LogP contribution >= 0.6 is 0 Å². The number of benzene rings is 8. The highest BCUT2D eigenvalue weighted by Crippen LogP contribution is 2.38. The minimum Gasteiger partial charge on any atom is -0.456 e. The molecule has 0 N–H and O–H groups in total. The highest BCUT2D eigenvalue weighted by molar-refractivity contribution is 6.68. The molecule has 8 aromatic carbocycles. The van der Waals surface area contributed by atoms with E-state index < -0.39 is 0 Å². The van der Waals surface area contributed by atoms with E-state index in [-0.39, 0.29) is 16.4 Å². The van der Waals surface area contributed by atoms with Gasteiger partial charge in [0.2, 0.25) is 0 Å². The molecule has 5 nitrogen and oxygen atoms in total. The second-order valence-electron chi connectivity index (χ2n) is 15.1. The van der Waals surface area contributed by atoms with Gasteiger partial charge in [-0.25, -0.2) is 15.0 Å². The Morgan fingerprint density at radius 2 is 0.787 bits per heavy atom. The lowest BCUT2D eigenvalue weighted by atomic mass is 9.59. The Kier molecular flexibility index (Phi) is 8.71. The van der Waals surface area contributed by atoms with Crippen LogP contribution in [0.3, 0.4) is 0 Å². The number of nitrogens with zero attached hydrogens (tertiary/aromatic N) is 3. The Morgan fingerprint density at radius 1 is 0.311 bits per heavy atom.